The molecule has 0 spiro atoms. The Morgan fingerprint density at radius 1 is 1.15 bits per heavy atom. The minimum Gasteiger partial charge on any atom is -0.459 e. The summed E-state index contributed by atoms with van der Waals surface area (Å²) in [6.07, 6.45) is 2.50. The van der Waals surface area contributed by atoms with Crippen molar-refractivity contribution in [2.45, 2.75) is 6.42 Å². The Hall–Kier alpha value is -2.56. The molecule has 0 radical (unpaired) electrons. The summed E-state index contributed by atoms with van der Waals surface area (Å²) in [7, 11) is 0. The number of rotatable bonds is 3. The van der Waals surface area contributed by atoms with Crippen LogP contribution < -0.4 is 5.32 Å². The van der Waals surface area contributed by atoms with Crippen LogP contribution in [0.4, 0.5) is 5.69 Å². The number of nitrogens with one attached hydrogen (secondary N) is 1. The number of likely N-dealkylation sites (tertiary alicyclic amines) is 1. The topological polar surface area (TPSA) is 62.6 Å². The summed E-state index contributed by atoms with van der Waals surface area (Å²) >= 11 is 0. The summed E-state index contributed by atoms with van der Waals surface area (Å²) < 4.78 is 5.02. The van der Waals surface area contributed by atoms with Gasteiger partial charge in [-0.05, 0) is 36.8 Å². The monoisotopic (exact) mass is 270 g/mol. The van der Waals surface area contributed by atoms with Gasteiger partial charge in [0.1, 0.15) is 0 Å². The van der Waals surface area contributed by atoms with Crippen molar-refractivity contribution in [2.75, 3.05) is 18.4 Å². The van der Waals surface area contributed by atoms with Crippen molar-refractivity contribution in [3.05, 3.63) is 54.0 Å². The molecule has 1 N–H and O–H groups in total. The molecule has 1 saturated heterocycles. The van der Waals surface area contributed by atoms with Crippen LogP contribution >= 0.6 is 0 Å². The maximum atomic E-state index is 12.1. The van der Waals surface area contributed by atoms with Crippen molar-refractivity contribution in [1.29, 1.82) is 0 Å². The molecule has 5 heteroatoms. The molecule has 0 unspecified atom stereocenters. The van der Waals surface area contributed by atoms with E-state index in [1.54, 1.807) is 41.3 Å². The molecule has 0 aliphatic carbocycles. The smallest absolute Gasteiger partial charge is 0.291 e. The Kier molecular flexibility index (Phi) is 3.25. The highest BCUT2D eigenvalue weighted by Crippen LogP contribution is 2.17. The zero-order valence-corrected chi connectivity index (χ0v) is 10.8. The molecule has 1 fully saturated rings. The van der Waals surface area contributed by atoms with Gasteiger partial charge in [-0.25, -0.2) is 0 Å². The highest BCUT2D eigenvalue weighted by Gasteiger charge is 2.21. The molecule has 0 saturated carbocycles. The molecule has 2 heterocycles. The lowest BCUT2D eigenvalue weighted by Gasteiger charge is -2.31. The summed E-state index contributed by atoms with van der Waals surface area (Å²) in [6.45, 7) is 1.61. The lowest BCUT2D eigenvalue weighted by molar-refractivity contribution is 0.0651. The van der Waals surface area contributed by atoms with Crippen molar-refractivity contribution in [1.82, 2.24) is 4.90 Å². The van der Waals surface area contributed by atoms with E-state index in [-0.39, 0.29) is 17.6 Å². The second-order valence-corrected chi connectivity index (χ2v) is 4.66. The van der Waals surface area contributed by atoms with E-state index >= 15 is 0 Å². The highest BCUT2D eigenvalue weighted by molar-refractivity contribution is 6.03. The van der Waals surface area contributed by atoms with E-state index in [1.165, 1.54) is 6.26 Å². The van der Waals surface area contributed by atoms with Crippen LogP contribution in [0.5, 0.6) is 0 Å². The molecule has 20 heavy (non-hydrogen) atoms. The van der Waals surface area contributed by atoms with Gasteiger partial charge in [-0.3, -0.25) is 9.59 Å². The zero-order valence-electron chi connectivity index (χ0n) is 10.8. The molecular weight excluding hydrogens is 256 g/mol. The van der Waals surface area contributed by atoms with Crippen molar-refractivity contribution in [2.24, 2.45) is 0 Å². The first-order valence-corrected chi connectivity index (χ1v) is 6.48. The number of carbonyl (C=O) groups is 2. The average Bonchev–Trinajstić information content (AvgIpc) is 2.91. The van der Waals surface area contributed by atoms with E-state index in [9.17, 15) is 9.59 Å². The Labute approximate surface area is 116 Å². The maximum Gasteiger partial charge on any atom is 0.291 e. The van der Waals surface area contributed by atoms with Crippen molar-refractivity contribution < 1.29 is 14.0 Å². The quantitative estimate of drug-likeness (QED) is 0.931. The van der Waals surface area contributed by atoms with Gasteiger partial charge in [-0.1, -0.05) is 6.07 Å². The van der Waals surface area contributed by atoms with E-state index in [0.29, 0.717) is 11.3 Å². The maximum absolute atomic E-state index is 12.1. The number of hydrogen-bond donors (Lipinski definition) is 1. The lowest BCUT2D eigenvalue weighted by Crippen LogP contribution is -2.42. The van der Waals surface area contributed by atoms with Crippen LogP contribution in [0, 0.1) is 0 Å². The first-order chi connectivity index (χ1) is 9.74. The summed E-state index contributed by atoms with van der Waals surface area (Å²) in [6, 6.07) is 10.2. The average molecular weight is 270 g/mol. The van der Waals surface area contributed by atoms with Crippen LogP contribution in [0.3, 0.4) is 0 Å². The summed E-state index contributed by atoms with van der Waals surface area (Å²) in [5, 5.41) is 2.71. The Balaban J connectivity index is 1.74. The molecule has 1 aliphatic heterocycles. The van der Waals surface area contributed by atoms with Crippen LogP contribution in [-0.4, -0.2) is 29.8 Å². The number of anilines is 1. The largest absolute Gasteiger partial charge is 0.459 e. The van der Waals surface area contributed by atoms with Crippen LogP contribution in [-0.2, 0) is 0 Å². The van der Waals surface area contributed by atoms with E-state index in [2.05, 4.69) is 5.32 Å². The Morgan fingerprint density at radius 2 is 2.00 bits per heavy atom. The van der Waals surface area contributed by atoms with Gasteiger partial charge in [0.05, 0.1) is 6.26 Å². The van der Waals surface area contributed by atoms with Crippen LogP contribution in [0.2, 0.25) is 0 Å². The van der Waals surface area contributed by atoms with E-state index in [0.717, 1.165) is 19.5 Å². The Morgan fingerprint density at radius 3 is 2.65 bits per heavy atom. The number of amides is 2. The first-order valence-electron chi connectivity index (χ1n) is 6.48. The molecule has 2 amide bonds. The lowest BCUT2D eigenvalue weighted by atomic mass is 10.1. The fourth-order valence-corrected chi connectivity index (χ4v) is 2.03. The van der Waals surface area contributed by atoms with Gasteiger partial charge in [0.15, 0.2) is 5.76 Å². The molecule has 0 atom stereocenters. The molecule has 0 bridgehead atoms. The Bertz CT molecular complexity index is 630. The van der Waals surface area contributed by atoms with Gasteiger partial charge >= 0.3 is 0 Å². The second-order valence-electron chi connectivity index (χ2n) is 4.66. The SMILES string of the molecule is O=C(Nc1cccc(C(=O)N2CCC2)c1)c1ccco1. The standard InChI is InChI=1S/C15H14N2O3/c18-14(13-6-2-9-20-13)16-12-5-1-4-11(10-12)15(19)17-7-3-8-17/h1-2,4-6,9-10H,3,7-8H2,(H,16,18). The number of nitrogens with zero attached hydrogens (tertiary/aromatic N) is 1. The number of hydrogen-bond acceptors (Lipinski definition) is 3. The minimum atomic E-state index is -0.330. The minimum absolute atomic E-state index is 0.00495. The van der Waals surface area contributed by atoms with E-state index < -0.39 is 0 Å². The van der Waals surface area contributed by atoms with Crippen molar-refractivity contribution in [3.8, 4) is 0 Å². The molecule has 1 aliphatic rings. The van der Waals surface area contributed by atoms with Gasteiger partial charge in [-0.2, -0.15) is 0 Å². The number of benzene rings is 1. The van der Waals surface area contributed by atoms with Crippen LogP contribution in [0.1, 0.15) is 27.3 Å². The number of furan rings is 1. The third-order valence-corrected chi connectivity index (χ3v) is 3.26. The van der Waals surface area contributed by atoms with Crippen LogP contribution in [0.25, 0.3) is 0 Å². The summed E-state index contributed by atoms with van der Waals surface area (Å²) in [5.41, 5.74) is 1.17. The third kappa shape index (κ3) is 2.42. The zero-order chi connectivity index (χ0) is 13.9. The summed E-state index contributed by atoms with van der Waals surface area (Å²) in [5.74, 6) is -0.0848. The van der Waals surface area contributed by atoms with Crippen molar-refractivity contribution in [3.63, 3.8) is 0 Å². The molecule has 2 aromatic rings. The molecular formula is C15H14N2O3. The molecule has 5 nitrogen and oxygen atoms in total. The highest BCUT2D eigenvalue weighted by atomic mass is 16.3. The third-order valence-electron chi connectivity index (χ3n) is 3.26. The van der Waals surface area contributed by atoms with Gasteiger partial charge in [0.2, 0.25) is 0 Å². The van der Waals surface area contributed by atoms with Crippen LogP contribution in [0.15, 0.2) is 47.1 Å². The molecule has 1 aromatic carbocycles. The molecule has 1 aromatic heterocycles. The van der Waals surface area contributed by atoms with Gasteiger partial charge in [0, 0.05) is 24.3 Å². The number of carbonyl (C=O) groups excluding carboxylic acids is 2. The van der Waals surface area contributed by atoms with E-state index in [1.807, 2.05) is 0 Å². The fourth-order valence-electron chi connectivity index (χ4n) is 2.03. The normalized spacial score (nSPS) is 13.7. The van der Waals surface area contributed by atoms with Gasteiger partial charge in [0.25, 0.3) is 11.8 Å². The van der Waals surface area contributed by atoms with Crippen molar-refractivity contribution >= 4 is 17.5 Å². The molecule has 3 rings (SSSR count). The van der Waals surface area contributed by atoms with E-state index in [4.69, 9.17) is 4.42 Å². The first kappa shape index (κ1) is 12.5. The van der Waals surface area contributed by atoms with Gasteiger partial charge in [-0.15, -0.1) is 0 Å². The second kappa shape index (κ2) is 5.21. The fraction of sp³-hybridized carbons (Fsp3) is 0.200. The van der Waals surface area contributed by atoms with Gasteiger partial charge < -0.3 is 14.6 Å². The predicted octanol–water partition coefficient (Wildman–Crippen LogP) is 2.38. The predicted molar refractivity (Wildman–Crippen MR) is 73.6 cm³/mol. The molecule has 102 valence electrons. The summed E-state index contributed by atoms with van der Waals surface area (Å²) in [4.78, 5) is 25.7.